The summed E-state index contributed by atoms with van der Waals surface area (Å²) in [4.78, 5) is 30.7. The van der Waals surface area contributed by atoms with Gasteiger partial charge in [0.05, 0.1) is 5.69 Å². The van der Waals surface area contributed by atoms with Crippen molar-refractivity contribution in [1.82, 2.24) is 9.88 Å². The lowest BCUT2D eigenvalue weighted by Crippen LogP contribution is -2.50. The first-order valence-electron chi connectivity index (χ1n) is 9.07. The summed E-state index contributed by atoms with van der Waals surface area (Å²) < 4.78 is 30.4. The Morgan fingerprint density at radius 1 is 1.21 bits per heavy atom. The van der Waals surface area contributed by atoms with E-state index in [1.807, 2.05) is 25.7 Å². The number of carbonyl (C=O) groups excluding carboxylic acids is 2. The monoisotopic (exact) mass is 393 g/mol. The van der Waals surface area contributed by atoms with Gasteiger partial charge in [0.15, 0.2) is 12.2 Å². The van der Waals surface area contributed by atoms with Gasteiger partial charge in [0, 0.05) is 45.2 Å². The molecule has 0 bridgehead atoms. The maximum atomic E-state index is 14.6. The number of nitrogens with zero attached hydrogens (tertiary/aromatic N) is 3. The molecule has 1 aliphatic rings. The van der Waals surface area contributed by atoms with Gasteiger partial charge in [0.1, 0.15) is 16.9 Å². The average Bonchev–Trinajstić information content (AvgIpc) is 2.99. The van der Waals surface area contributed by atoms with Gasteiger partial charge in [0.25, 0.3) is 0 Å². The topological polar surface area (TPSA) is 85.1 Å². The zero-order valence-corrected chi connectivity index (χ0v) is 16.5. The molecule has 1 aliphatic heterocycles. The predicted molar refractivity (Wildman–Crippen MR) is 99.5 cm³/mol. The van der Waals surface area contributed by atoms with Gasteiger partial charge in [0.2, 0.25) is 5.89 Å². The summed E-state index contributed by atoms with van der Waals surface area (Å²) in [6.45, 7) is 8.44. The number of halogens is 1. The molecule has 152 valence electrons. The number of esters is 1. The molecule has 2 heterocycles. The normalized spacial score (nSPS) is 15.0. The van der Waals surface area contributed by atoms with Crippen molar-refractivity contribution in [3.8, 4) is 0 Å². The first-order valence-corrected chi connectivity index (χ1v) is 9.07. The molecular formula is C19H24FN3O5. The van der Waals surface area contributed by atoms with Crippen LogP contribution >= 0.6 is 0 Å². The molecule has 9 heteroatoms. The lowest BCUT2D eigenvalue weighted by atomic mass is 10.2. The first-order chi connectivity index (χ1) is 13.1. The summed E-state index contributed by atoms with van der Waals surface area (Å²) in [5.41, 5.74) is 0.594. The van der Waals surface area contributed by atoms with Crippen molar-refractivity contribution >= 4 is 28.8 Å². The summed E-state index contributed by atoms with van der Waals surface area (Å²) in [6.07, 6.45) is -0.367. The molecule has 1 fully saturated rings. The Morgan fingerprint density at radius 2 is 1.89 bits per heavy atom. The Morgan fingerprint density at radius 3 is 2.50 bits per heavy atom. The van der Waals surface area contributed by atoms with Crippen molar-refractivity contribution in [2.75, 3.05) is 31.1 Å². The molecule has 0 aliphatic carbocycles. The summed E-state index contributed by atoms with van der Waals surface area (Å²) in [7, 11) is 0. The highest BCUT2D eigenvalue weighted by Gasteiger charge is 2.27. The quantitative estimate of drug-likeness (QED) is 0.741. The molecule has 3 rings (SSSR count). The number of rotatable bonds is 3. The van der Waals surface area contributed by atoms with E-state index in [1.54, 1.807) is 11.0 Å². The van der Waals surface area contributed by atoms with Gasteiger partial charge in [-0.05, 0) is 20.8 Å². The van der Waals surface area contributed by atoms with E-state index in [2.05, 4.69) is 4.98 Å². The predicted octanol–water partition coefficient (Wildman–Crippen LogP) is 3.09. The van der Waals surface area contributed by atoms with Crippen LogP contribution in [0.5, 0.6) is 0 Å². The first kappa shape index (κ1) is 19.9. The summed E-state index contributed by atoms with van der Waals surface area (Å²) in [6, 6.07) is 2.88. The Labute approximate surface area is 162 Å². The van der Waals surface area contributed by atoms with Crippen molar-refractivity contribution in [3.05, 3.63) is 23.8 Å². The van der Waals surface area contributed by atoms with Gasteiger partial charge in [-0.15, -0.1) is 0 Å². The molecule has 1 aromatic heterocycles. The molecule has 1 amide bonds. The number of benzene rings is 1. The second kappa shape index (κ2) is 7.65. The summed E-state index contributed by atoms with van der Waals surface area (Å²) in [5, 5.41) is 0. The summed E-state index contributed by atoms with van der Waals surface area (Å²) in [5.74, 6) is -0.668. The molecule has 1 aromatic carbocycles. The molecule has 0 unspecified atom stereocenters. The highest BCUT2D eigenvalue weighted by atomic mass is 19.1. The number of anilines is 1. The lowest BCUT2D eigenvalue weighted by Gasteiger charge is -2.36. The van der Waals surface area contributed by atoms with E-state index >= 15 is 0 Å². The largest absolute Gasteiger partial charge is 0.456 e. The number of piperazine rings is 1. The smallest absolute Gasteiger partial charge is 0.410 e. The fraction of sp³-hybridized carbons (Fsp3) is 0.526. The van der Waals surface area contributed by atoms with Gasteiger partial charge in [-0.3, -0.25) is 4.79 Å². The van der Waals surface area contributed by atoms with Gasteiger partial charge < -0.3 is 23.7 Å². The van der Waals surface area contributed by atoms with Gasteiger partial charge >= 0.3 is 12.1 Å². The SMILES string of the molecule is CC(=O)OCc1nc2cc(F)c(N3CCN(C(=O)OC(C)(C)C)CC3)cc2o1. The highest BCUT2D eigenvalue weighted by Crippen LogP contribution is 2.28. The minimum absolute atomic E-state index is 0.102. The van der Waals surface area contributed by atoms with E-state index in [4.69, 9.17) is 13.9 Å². The zero-order chi connectivity index (χ0) is 20.5. The van der Waals surface area contributed by atoms with Gasteiger partial charge in [-0.2, -0.15) is 0 Å². The second-order valence-corrected chi connectivity index (χ2v) is 7.61. The Bertz CT molecular complexity index is 882. The van der Waals surface area contributed by atoms with Crippen LogP contribution in [-0.4, -0.2) is 53.7 Å². The third-order valence-corrected chi connectivity index (χ3v) is 4.17. The van der Waals surface area contributed by atoms with Crippen LogP contribution in [0.2, 0.25) is 0 Å². The van der Waals surface area contributed by atoms with Crippen LogP contribution in [-0.2, 0) is 20.9 Å². The van der Waals surface area contributed by atoms with E-state index in [0.29, 0.717) is 43.0 Å². The number of hydrogen-bond donors (Lipinski definition) is 0. The number of fused-ring (bicyclic) bond motifs is 1. The van der Waals surface area contributed by atoms with E-state index in [-0.39, 0.29) is 18.6 Å². The standard InChI is InChI=1S/C19H24FN3O5/c1-12(24)26-11-17-21-14-9-13(20)15(10-16(14)27-17)22-5-7-23(8-6-22)18(25)28-19(2,3)4/h9-10H,5-8,11H2,1-4H3. The fourth-order valence-corrected chi connectivity index (χ4v) is 2.91. The highest BCUT2D eigenvalue weighted by molar-refractivity contribution is 5.78. The Hall–Kier alpha value is -2.84. The van der Waals surface area contributed by atoms with Crippen molar-refractivity contribution in [3.63, 3.8) is 0 Å². The third-order valence-electron chi connectivity index (χ3n) is 4.17. The molecule has 0 atom stereocenters. The van der Waals surface area contributed by atoms with E-state index in [0.717, 1.165) is 0 Å². The molecule has 0 radical (unpaired) electrons. The van der Waals surface area contributed by atoms with Crippen molar-refractivity contribution < 1.29 is 27.9 Å². The Kier molecular flexibility index (Phi) is 5.44. The van der Waals surface area contributed by atoms with Crippen molar-refractivity contribution in [1.29, 1.82) is 0 Å². The number of amides is 1. The fourth-order valence-electron chi connectivity index (χ4n) is 2.91. The minimum atomic E-state index is -0.554. The van der Waals surface area contributed by atoms with Crippen LogP contribution in [0.1, 0.15) is 33.6 Å². The average molecular weight is 393 g/mol. The second-order valence-electron chi connectivity index (χ2n) is 7.61. The minimum Gasteiger partial charge on any atom is -0.456 e. The summed E-state index contributed by atoms with van der Waals surface area (Å²) >= 11 is 0. The third kappa shape index (κ3) is 4.71. The molecule has 0 N–H and O–H groups in total. The van der Waals surface area contributed by atoms with E-state index in [9.17, 15) is 14.0 Å². The number of oxazole rings is 1. The zero-order valence-electron chi connectivity index (χ0n) is 16.5. The lowest BCUT2D eigenvalue weighted by molar-refractivity contribution is -0.142. The number of aromatic nitrogens is 1. The van der Waals surface area contributed by atoms with Crippen LogP contribution in [0.15, 0.2) is 16.5 Å². The molecule has 0 saturated carbocycles. The molecular weight excluding hydrogens is 369 g/mol. The van der Waals surface area contributed by atoms with Crippen LogP contribution in [0.3, 0.4) is 0 Å². The van der Waals surface area contributed by atoms with Crippen molar-refractivity contribution in [2.45, 2.75) is 39.9 Å². The molecule has 1 saturated heterocycles. The maximum absolute atomic E-state index is 14.6. The number of hydrogen-bond acceptors (Lipinski definition) is 7. The van der Waals surface area contributed by atoms with E-state index < -0.39 is 17.4 Å². The van der Waals surface area contributed by atoms with Crippen LogP contribution < -0.4 is 4.90 Å². The molecule has 0 spiro atoms. The maximum Gasteiger partial charge on any atom is 0.410 e. The number of carbonyl (C=O) groups is 2. The van der Waals surface area contributed by atoms with Gasteiger partial charge in [-0.1, -0.05) is 0 Å². The van der Waals surface area contributed by atoms with Gasteiger partial charge in [-0.25, -0.2) is 14.2 Å². The van der Waals surface area contributed by atoms with Crippen molar-refractivity contribution in [2.24, 2.45) is 0 Å². The number of ether oxygens (including phenoxy) is 2. The molecule has 8 nitrogen and oxygen atoms in total. The van der Waals surface area contributed by atoms with Crippen LogP contribution in [0, 0.1) is 5.82 Å². The van der Waals surface area contributed by atoms with E-state index in [1.165, 1.54) is 13.0 Å². The van der Waals surface area contributed by atoms with Crippen LogP contribution in [0.4, 0.5) is 14.9 Å². The molecule has 2 aromatic rings. The molecule has 28 heavy (non-hydrogen) atoms. The van der Waals surface area contributed by atoms with Crippen LogP contribution in [0.25, 0.3) is 11.1 Å². The Balaban J connectivity index is 1.69.